The minimum absolute atomic E-state index is 0.118. The Labute approximate surface area is 90.1 Å². The summed E-state index contributed by atoms with van der Waals surface area (Å²) in [6.07, 6.45) is 0. The third-order valence-electron chi connectivity index (χ3n) is 1.46. The van der Waals surface area contributed by atoms with E-state index in [2.05, 4.69) is 0 Å². The van der Waals surface area contributed by atoms with Crippen LogP contribution in [-0.2, 0) is 23.1 Å². The van der Waals surface area contributed by atoms with E-state index >= 15 is 0 Å². The zero-order valence-electron chi connectivity index (χ0n) is 9.56. The molecule has 0 aliphatic carbocycles. The first-order valence-electron chi connectivity index (χ1n) is 4.70. The maximum absolute atomic E-state index is 12.0. The standard InChI is InChI=1S/C8H18NO5P/c1-5-13-15(11,14-6-2)9(4)7-12-8(3)10/h5-7H2,1-4H3. The van der Waals surface area contributed by atoms with E-state index in [1.165, 1.54) is 18.6 Å². The molecular weight excluding hydrogens is 221 g/mol. The summed E-state index contributed by atoms with van der Waals surface area (Å²) < 4.78 is 28.0. The Kier molecular flexibility index (Phi) is 6.76. The van der Waals surface area contributed by atoms with Crippen molar-refractivity contribution in [2.45, 2.75) is 20.8 Å². The number of hydrogen-bond donors (Lipinski definition) is 0. The molecule has 6 nitrogen and oxygen atoms in total. The van der Waals surface area contributed by atoms with Gasteiger partial charge in [-0.25, -0.2) is 4.57 Å². The van der Waals surface area contributed by atoms with Crippen molar-refractivity contribution in [3.63, 3.8) is 0 Å². The molecule has 0 saturated heterocycles. The molecule has 0 N–H and O–H groups in total. The predicted molar refractivity (Wildman–Crippen MR) is 55.3 cm³/mol. The Hall–Kier alpha value is -0.420. The third-order valence-corrected chi connectivity index (χ3v) is 3.58. The summed E-state index contributed by atoms with van der Waals surface area (Å²) >= 11 is 0. The minimum atomic E-state index is -3.31. The van der Waals surface area contributed by atoms with Gasteiger partial charge in [-0.05, 0) is 13.8 Å². The van der Waals surface area contributed by atoms with Gasteiger partial charge in [0.25, 0.3) is 0 Å². The summed E-state index contributed by atoms with van der Waals surface area (Å²) in [5.41, 5.74) is 0. The summed E-state index contributed by atoms with van der Waals surface area (Å²) in [5, 5.41) is 0. The average Bonchev–Trinajstić information content (AvgIpc) is 2.14. The van der Waals surface area contributed by atoms with Crippen LogP contribution in [0.25, 0.3) is 0 Å². The van der Waals surface area contributed by atoms with E-state index in [9.17, 15) is 9.36 Å². The smallest absolute Gasteiger partial charge is 0.410 e. The van der Waals surface area contributed by atoms with Gasteiger partial charge in [0.15, 0.2) is 6.73 Å². The van der Waals surface area contributed by atoms with Crippen molar-refractivity contribution in [2.24, 2.45) is 0 Å². The molecule has 0 aliphatic rings. The molecule has 0 atom stereocenters. The van der Waals surface area contributed by atoms with Crippen molar-refractivity contribution in [1.29, 1.82) is 0 Å². The van der Waals surface area contributed by atoms with E-state index in [-0.39, 0.29) is 19.9 Å². The molecule has 7 heteroatoms. The van der Waals surface area contributed by atoms with Gasteiger partial charge in [0.2, 0.25) is 0 Å². The second-order valence-corrected chi connectivity index (χ2v) is 4.86. The highest BCUT2D eigenvalue weighted by atomic mass is 31.2. The Balaban J connectivity index is 4.34. The molecule has 0 radical (unpaired) electrons. The fourth-order valence-electron chi connectivity index (χ4n) is 0.816. The molecule has 0 aromatic heterocycles. The van der Waals surface area contributed by atoms with Crippen LogP contribution in [0.15, 0.2) is 0 Å². The van der Waals surface area contributed by atoms with Crippen LogP contribution in [0.2, 0.25) is 0 Å². The van der Waals surface area contributed by atoms with E-state index in [0.29, 0.717) is 0 Å². The van der Waals surface area contributed by atoms with Gasteiger partial charge >= 0.3 is 13.7 Å². The monoisotopic (exact) mass is 239 g/mol. The van der Waals surface area contributed by atoms with Crippen molar-refractivity contribution in [1.82, 2.24) is 4.67 Å². The fourth-order valence-corrected chi connectivity index (χ4v) is 2.14. The van der Waals surface area contributed by atoms with E-state index in [4.69, 9.17) is 13.8 Å². The molecule has 0 aliphatic heterocycles. The van der Waals surface area contributed by atoms with Crippen LogP contribution < -0.4 is 0 Å². The highest BCUT2D eigenvalue weighted by Crippen LogP contribution is 2.50. The SMILES string of the molecule is CCOP(=O)(OCC)N(C)COC(C)=O. The van der Waals surface area contributed by atoms with Crippen LogP contribution in [0.1, 0.15) is 20.8 Å². The van der Waals surface area contributed by atoms with Crippen molar-refractivity contribution in [3.05, 3.63) is 0 Å². The number of nitrogens with zero attached hydrogens (tertiary/aromatic N) is 1. The Bertz CT molecular complexity index is 235. The quantitative estimate of drug-likeness (QED) is 0.382. The molecule has 90 valence electrons. The van der Waals surface area contributed by atoms with Crippen molar-refractivity contribution >= 4 is 13.7 Å². The highest BCUT2D eigenvalue weighted by molar-refractivity contribution is 7.51. The number of hydrogen-bond acceptors (Lipinski definition) is 5. The van der Waals surface area contributed by atoms with E-state index in [0.717, 1.165) is 0 Å². The van der Waals surface area contributed by atoms with E-state index < -0.39 is 13.7 Å². The van der Waals surface area contributed by atoms with Crippen LogP contribution in [-0.4, -0.2) is 37.6 Å². The fraction of sp³-hybridized carbons (Fsp3) is 0.875. The van der Waals surface area contributed by atoms with Crippen LogP contribution >= 0.6 is 7.75 Å². The number of carbonyl (C=O) groups excluding carboxylic acids is 1. The third kappa shape index (κ3) is 5.28. The highest BCUT2D eigenvalue weighted by Gasteiger charge is 2.30. The van der Waals surface area contributed by atoms with Gasteiger partial charge in [0.1, 0.15) is 0 Å². The normalized spacial score (nSPS) is 11.8. The van der Waals surface area contributed by atoms with Gasteiger partial charge in [-0.1, -0.05) is 0 Å². The van der Waals surface area contributed by atoms with Gasteiger partial charge in [0, 0.05) is 14.0 Å². The average molecular weight is 239 g/mol. The Morgan fingerprint density at radius 3 is 2.07 bits per heavy atom. The second-order valence-electron chi connectivity index (χ2n) is 2.73. The van der Waals surface area contributed by atoms with Gasteiger partial charge < -0.3 is 4.74 Å². The van der Waals surface area contributed by atoms with Gasteiger partial charge in [0.05, 0.1) is 13.2 Å². The summed E-state index contributed by atoms with van der Waals surface area (Å²) in [4.78, 5) is 10.6. The van der Waals surface area contributed by atoms with Crippen LogP contribution in [0.4, 0.5) is 0 Å². The number of rotatable bonds is 7. The predicted octanol–water partition coefficient (Wildman–Crippen LogP) is 1.62. The lowest BCUT2D eigenvalue weighted by atomic mass is 10.8. The molecule has 0 unspecified atom stereocenters. The lowest BCUT2D eigenvalue weighted by molar-refractivity contribution is -0.143. The summed E-state index contributed by atoms with van der Waals surface area (Å²) in [6, 6.07) is 0. The molecule has 0 heterocycles. The summed E-state index contributed by atoms with van der Waals surface area (Å²) in [5.74, 6) is -0.443. The Morgan fingerprint density at radius 1 is 1.27 bits per heavy atom. The Morgan fingerprint density at radius 2 is 1.73 bits per heavy atom. The van der Waals surface area contributed by atoms with Crippen molar-refractivity contribution in [3.8, 4) is 0 Å². The molecule has 0 fully saturated rings. The summed E-state index contributed by atoms with van der Waals surface area (Å²) in [6.45, 7) is 5.12. The lowest BCUT2D eigenvalue weighted by Gasteiger charge is -2.25. The molecular formula is C8H18NO5P. The summed E-state index contributed by atoms with van der Waals surface area (Å²) in [7, 11) is -1.80. The zero-order chi connectivity index (χ0) is 11.9. The van der Waals surface area contributed by atoms with Gasteiger partial charge in [-0.2, -0.15) is 4.67 Å². The van der Waals surface area contributed by atoms with Crippen LogP contribution in [0, 0.1) is 0 Å². The molecule has 15 heavy (non-hydrogen) atoms. The molecule has 0 spiro atoms. The number of esters is 1. The minimum Gasteiger partial charge on any atom is -0.449 e. The molecule has 0 saturated carbocycles. The first kappa shape index (κ1) is 14.6. The van der Waals surface area contributed by atoms with Crippen LogP contribution in [0.5, 0.6) is 0 Å². The second kappa shape index (κ2) is 6.95. The van der Waals surface area contributed by atoms with Crippen LogP contribution in [0.3, 0.4) is 0 Å². The number of carbonyl (C=O) groups is 1. The van der Waals surface area contributed by atoms with Gasteiger partial charge in [-0.3, -0.25) is 13.8 Å². The van der Waals surface area contributed by atoms with E-state index in [1.807, 2.05) is 0 Å². The lowest BCUT2D eigenvalue weighted by Crippen LogP contribution is -2.23. The number of ether oxygens (including phenoxy) is 1. The zero-order valence-corrected chi connectivity index (χ0v) is 10.5. The first-order chi connectivity index (χ1) is 6.96. The molecule has 0 aromatic carbocycles. The topological polar surface area (TPSA) is 65.1 Å². The molecule has 0 aromatic rings. The molecule has 0 rings (SSSR count). The maximum Gasteiger partial charge on any atom is 0.410 e. The molecule has 0 bridgehead atoms. The van der Waals surface area contributed by atoms with E-state index in [1.54, 1.807) is 13.8 Å². The largest absolute Gasteiger partial charge is 0.449 e. The molecule has 0 amide bonds. The maximum atomic E-state index is 12.0. The van der Waals surface area contributed by atoms with Crippen molar-refractivity contribution in [2.75, 3.05) is 27.0 Å². The van der Waals surface area contributed by atoms with Crippen molar-refractivity contribution < 1.29 is 23.1 Å². The van der Waals surface area contributed by atoms with Gasteiger partial charge in [-0.15, -0.1) is 0 Å². The first-order valence-corrected chi connectivity index (χ1v) is 6.20.